The van der Waals surface area contributed by atoms with Crippen LogP contribution in [0.25, 0.3) is 0 Å². The molecule has 3 aromatic rings. The van der Waals surface area contributed by atoms with Gasteiger partial charge in [0.2, 0.25) is 11.8 Å². The molecule has 3 N–H and O–H groups in total. The molecule has 0 aliphatic rings. The van der Waals surface area contributed by atoms with Crippen LogP contribution in [-0.4, -0.2) is 15.3 Å². The first-order valence-electron chi connectivity index (χ1n) is 7.46. The summed E-state index contributed by atoms with van der Waals surface area (Å²) >= 11 is 0. The number of hydrogen-bond acceptors (Lipinski definition) is 5. The van der Waals surface area contributed by atoms with Crippen molar-refractivity contribution in [3.05, 3.63) is 77.5 Å². The number of phenolic OH excluding ortho intramolecular Hbond substituents is 1. The van der Waals surface area contributed by atoms with Gasteiger partial charge in [-0.1, -0.05) is 42.5 Å². The summed E-state index contributed by atoms with van der Waals surface area (Å²) in [4.78, 5) is 0. The van der Waals surface area contributed by atoms with Gasteiger partial charge in [-0.25, -0.2) is 0 Å². The zero-order valence-corrected chi connectivity index (χ0v) is 12.9. The van der Waals surface area contributed by atoms with Gasteiger partial charge in [-0.3, -0.25) is 0 Å². The summed E-state index contributed by atoms with van der Waals surface area (Å²) in [5, 5.41) is 17.7. The van der Waals surface area contributed by atoms with Crippen molar-refractivity contribution in [1.29, 1.82) is 0 Å². The first-order valence-corrected chi connectivity index (χ1v) is 7.46. The molecule has 1 atom stereocenters. The van der Waals surface area contributed by atoms with E-state index in [9.17, 15) is 5.11 Å². The lowest BCUT2D eigenvalue weighted by atomic mass is 9.94. The van der Waals surface area contributed by atoms with Crippen LogP contribution in [0.1, 0.15) is 29.8 Å². The van der Waals surface area contributed by atoms with Crippen molar-refractivity contribution in [2.24, 2.45) is 5.73 Å². The first kappa shape index (κ1) is 15.2. The Labute approximate surface area is 134 Å². The minimum atomic E-state index is -0.731. The van der Waals surface area contributed by atoms with Gasteiger partial charge >= 0.3 is 0 Å². The Kier molecular flexibility index (Phi) is 4.12. The lowest BCUT2D eigenvalue weighted by Gasteiger charge is -2.20. The van der Waals surface area contributed by atoms with Gasteiger partial charge in [0.25, 0.3) is 0 Å². The summed E-state index contributed by atoms with van der Waals surface area (Å²) in [5.74, 6) is 1.11. The van der Waals surface area contributed by atoms with Crippen molar-refractivity contribution >= 4 is 0 Å². The monoisotopic (exact) mass is 309 g/mol. The molecule has 1 heterocycles. The Morgan fingerprint density at radius 2 is 1.78 bits per heavy atom. The molecule has 0 radical (unpaired) electrons. The second kappa shape index (κ2) is 6.22. The molecule has 0 fully saturated rings. The van der Waals surface area contributed by atoms with E-state index in [-0.39, 0.29) is 5.75 Å². The van der Waals surface area contributed by atoms with E-state index in [0.717, 1.165) is 11.1 Å². The number of nitrogens with two attached hydrogens (primary N) is 1. The zero-order valence-electron chi connectivity index (χ0n) is 12.9. The van der Waals surface area contributed by atoms with Crippen LogP contribution in [-0.2, 0) is 18.4 Å². The lowest BCUT2D eigenvalue weighted by molar-refractivity contribution is 0.339. The normalized spacial score (nSPS) is 13.7. The summed E-state index contributed by atoms with van der Waals surface area (Å²) in [6.07, 6.45) is 1.07. The Morgan fingerprint density at radius 1 is 1.04 bits per heavy atom. The highest BCUT2D eigenvalue weighted by molar-refractivity contribution is 5.28. The third-order valence-electron chi connectivity index (χ3n) is 3.64. The fourth-order valence-corrected chi connectivity index (χ4v) is 2.49. The third-order valence-corrected chi connectivity index (χ3v) is 3.64. The number of aromatic hydroxyl groups is 1. The zero-order chi connectivity index (χ0) is 16.3. The molecule has 0 aliphatic carbocycles. The molecule has 118 valence electrons. The SMILES string of the molecule is C[C@@](N)(Cc1ccccc1)c1nnc(Cc2cccc(O)c2)o1. The van der Waals surface area contributed by atoms with E-state index in [4.69, 9.17) is 10.2 Å². The predicted octanol–water partition coefficient (Wildman–Crippen LogP) is 2.78. The summed E-state index contributed by atoms with van der Waals surface area (Å²) in [5.41, 5.74) is 7.65. The van der Waals surface area contributed by atoms with Gasteiger partial charge in [-0.2, -0.15) is 0 Å². The van der Waals surface area contributed by atoms with E-state index < -0.39 is 5.54 Å². The van der Waals surface area contributed by atoms with Crippen LogP contribution in [0.5, 0.6) is 5.75 Å². The maximum Gasteiger partial charge on any atom is 0.236 e. The third kappa shape index (κ3) is 3.76. The number of benzene rings is 2. The Morgan fingerprint density at radius 3 is 2.52 bits per heavy atom. The molecule has 0 unspecified atom stereocenters. The van der Waals surface area contributed by atoms with Gasteiger partial charge in [0, 0.05) is 0 Å². The summed E-state index contributed by atoms with van der Waals surface area (Å²) in [7, 11) is 0. The Hall–Kier alpha value is -2.66. The summed E-state index contributed by atoms with van der Waals surface area (Å²) in [6.45, 7) is 1.88. The summed E-state index contributed by atoms with van der Waals surface area (Å²) in [6, 6.07) is 17.0. The van der Waals surface area contributed by atoms with Gasteiger partial charge in [0.1, 0.15) is 5.75 Å². The van der Waals surface area contributed by atoms with Crippen LogP contribution in [0.3, 0.4) is 0 Å². The molecule has 5 heteroatoms. The van der Waals surface area contributed by atoms with E-state index in [2.05, 4.69) is 10.2 Å². The highest BCUT2D eigenvalue weighted by atomic mass is 16.4. The average Bonchev–Trinajstić information content (AvgIpc) is 2.97. The number of rotatable bonds is 5. The molecule has 0 spiro atoms. The molecule has 0 bridgehead atoms. The van der Waals surface area contributed by atoms with Crippen molar-refractivity contribution in [3.8, 4) is 5.75 Å². The van der Waals surface area contributed by atoms with Gasteiger partial charge in [-0.05, 0) is 36.6 Å². The predicted molar refractivity (Wildman–Crippen MR) is 86.9 cm³/mol. The molecular formula is C18H19N3O2. The second-order valence-electron chi connectivity index (χ2n) is 5.93. The van der Waals surface area contributed by atoms with E-state index >= 15 is 0 Å². The molecule has 0 amide bonds. The minimum absolute atomic E-state index is 0.218. The van der Waals surface area contributed by atoms with Crippen molar-refractivity contribution in [1.82, 2.24) is 10.2 Å². The van der Waals surface area contributed by atoms with Crippen LogP contribution >= 0.6 is 0 Å². The maximum absolute atomic E-state index is 9.50. The van der Waals surface area contributed by atoms with E-state index in [1.165, 1.54) is 0 Å². The molecule has 1 aromatic heterocycles. The van der Waals surface area contributed by atoms with Crippen molar-refractivity contribution in [2.45, 2.75) is 25.3 Å². The average molecular weight is 309 g/mol. The van der Waals surface area contributed by atoms with Crippen molar-refractivity contribution in [3.63, 3.8) is 0 Å². The first-order chi connectivity index (χ1) is 11.0. The standard InChI is InChI=1S/C18H19N3O2/c1-18(19,12-13-6-3-2-4-7-13)17-21-20-16(23-17)11-14-8-5-9-15(22)10-14/h2-10,22H,11-12,19H2,1H3/t18-/m1/s1. The maximum atomic E-state index is 9.50. The van der Waals surface area contributed by atoms with E-state index in [1.54, 1.807) is 18.2 Å². The molecule has 0 saturated heterocycles. The molecule has 2 aromatic carbocycles. The number of aromatic nitrogens is 2. The van der Waals surface area contributed by atoms with Crippen molar-refractivity contribution < 1.29 is 9.52 Å². The van der Waals surface area contributed by atoms with Gasteiger partial charge < -0.3 is 15.3 Å². The minimum Gasteiger partial charge on any atom is -0.508 e. The van der Waals surface area contributed by atoms with Crippen LogP contribution < -0.4 is 5.73 Å². The lowest BCUT2D eigenvalue weighted by Crippen LogP contribution is -2.35. The summed E-state index contributed by atoms with van der Waals surface area (Å²) < 4.78 is 5.74. The molecule has 0 saturated carbocycles. The fraction of sp³-hybridized carbons (Fsp3) is 0.222. The van der Waals surface area contributed by atoms with Gasteiger partial charge in [0.15, 0.2) is 0 Å². The molecule has 0 aliphatic heterocycles. The molecule has 5 nitrogen and oxygen atoms in total. The Balaban J connectivity index is 1.75. The number of phenols is 1. The fourth-order valence-electron chi connectivity index (χ4n) is 2.49. The van der Waals surface area contributed by atoms with Crippen LogP contribution in [0.4, 0.5) is 0 Å². The van der Waals surface area contributed by atoms with Crippen LogP contribution in [0.15, 0.2) is 59.0 Å². The highest BCUT2D eigenvalue weighted by Crippen LogP contribution is 2.23. The van der Waals surface area contributed by atoms with E-state index in [1.807, 2.05) is 43.3 Å². The molecule has 23 heavy (non-hydrogen) atoms. The quantitative estimate of drug-likeness (QED) is 0.757. The van der Waals surface area contributed by atoms with Crippen LogP contribution in [0.2, 0.25) is 0 Å². The Bertz CT molecular complexity index is 782. The van der Waals surface area contributed by atoms with Crippen molar-refractivity contribution in [2.75, 3.05) is 0 Å². The topological polar surface area (TPSA) is 85.2 Å². The number of nitrogens with zero attached hydrogens (tertiary/aromatic N) is 2. The highest BCUT2D eigenvalue weighted by Gasteiger charge is 2.28. The van der Waals surface area contributed by atoms with E-state index in [0.29, 0.717) is 24.6 Å². The second-order valence-corrected chi connectivity index (χ2v) is 5.93. The molecule has 3 rings (SSSR count). The van der Waals surface area contributed by atoms with Gasteiger partial charge in [0.05, 0.1) is 12.0 Å². The molecular weight excluding hydrogens is 290 g/mol. The number of hydrogen-bond donors (Lipinski definition) is 2. The smallest absolute Gasteiger partial charge is 0.236 e. The van der Waals surface area contributed by atoms with Gasteiger partial charge in [-0.15, -0.1) is 10.2 Å². The van der Waals surface area contributed by atoms with Crippen LogP contribution in [0, 0.1) is 0 Å². The largest absolute Gasteiger partial charge is 0.508 e.